The lowest BCUT2D eigenvalue weighted by molar-refractivity contribution is 1.01. The number of aryl methyl sites for hydroxylation is 1. The van der Waals surface area contributed by atoms with Gasteiger partial charge in [0, 0.05) is 29.2 Å². The third kappa shape index (κ3) is 2.90. The second-order valence-corrected chi connectivity index (χ2v) is 7.02. The average Bonchev–Trinajstić information content (AvgIpc) is 3.26. The van der Waals surface area contributed by atoms with Crippen molar-refractivity contribution in [3.63, 3.8) is 0 Å². The van der Waals surface area contributed by atoms with Gasteiger partial charge in [-0.15, -0.1) is 11.3 Å². The van der Waals surface area contributed by atoms with E-state index in [-0.39, 0.29) is 0 Å². The van der Waals surface area contributed by atoms with E-state index in [4.69, 9.17) is 21.6 Å². The Kier molecular flexibility index (Phi) is 4.19. The lowest BCUT2D eigenvalue weighted by Crippen LogP contribution is -2.13. The van der Waals surface area contributed by atoms with Crippen LogP contribution in [0.1, 0.15) is 12.6 Å². The third-order valence-electron chi connectivity index (χ3n) is 4.15. The molecule has 1 aromatic carbocycles. The highest BCUT2D eigenvalue weighted by atomic mass is 35.5. The number of imidazole rings is 1. The Morgan fingerprint density at radius 3 is 2.68 bits per heavy atom. The van der Waals surface area contributed by atoms with Crippen LogP contribution in [0.25, 0.3) is 16.9 Å². The molecule has 0 saturated carbocycles. The molecule has 0 amide bonds. The summed E-state index contributed by atoms with van der Waals surface area (Å²) in [5.41, 5.74) is 4.04. The van der Waals surface area contributed by atoms with Crippen LogP contribution in [0.3, 0.4) is 0 Å². The molecule has 0 aliphatic rings. The molecule has 0 saturated heterocycles. The number of aromatic nitrogens is 3. The Morgan fingerprint density at radius 2 is 1.92 bits per heavy atom. The van der Waals surface area contributed by atoms with Gasteiger partial charge in [0.25, 0.3) is 0 Å². The van der Waals surface area contributed by atoms with E-state index in [1.54, 1.807) is 11.3 Å². The summed E-state index contributed by atoms with van der Waals surface area (Å²) in [5.74, 6) is 1.06. The molecular weight excluding hydrogens is 352 g/mol. The predicted octanol–water partition coefficient (Wildman–Crippen LogP) is 5.44. The van der Waals surface area contributed by atoms with Crippen LogP contribution < -0.4 is 4.90 Å². The number of pyridine rings is 1. The molecule has 4 rings (SSSR count). The van der Waals surface area contributed by atoms with Crippen molar-refractivity contribution in [3.05, 3.63) is 64.8 Å². The molecule has 0 radical (unpaired) electrons. The maximum atomic E-state index is 5.98. The average molecular weight is 369 g/mol. The number of fused-ring (bicyclic) bond motifs is 1. The van der Waals surface area contributed by atoms with Gasteiger partial charge in [0.2, 0.25) is 0 Å². The molecule has 126 valence electrons. The Bertz CT molecular complexity index is 1020. The van der Waals surface area contributed by atoms with Gasteiger partial charge in [0.05, 0.1) is 11.4 Å². The highest BCUT2D eigenvalue weighted by Crippen LogP contribution is 2.33. The fourth-order valence-corrected chi connectivity index (χ4v) is 3.81. The van der Waals surface area contributed by atoms with Crippen LogP contribution in [0.2, 0.25) is 5.02 Å². The summed E-state index contributed by atoms with van der Waals surface area (Å²) in [6.07, 6.45) is 2.91. The summed E-state index contributed by atoms with van der Waals surface area (Å²) < 4.78 is 2.11. The maximum Gasteiger partial charge on any atom is 0.191 e. The largest absolute Gasteiger partial charge is 0.305 e. The highest BCUT2D eigenvalue weighted by molar-refractivity contribution is 7.14. The molecule has 4 aromatic rings. The van der Waals surface area contributed by atoms with Crippen LogP contribution in [0, 0.1) is 0 Å². The van der Waals surface area contributed by atoms with Gasteiger partial charge in [0.15, 0.2) is 5.13 Å². The number of benzene rings is 1. The van der Waals surface area contributed by atoms with E-state index in [2.05, 4.69) is 21.6 Å². The normalized spacial score (nSPS) is 11.2. The molecule has 0 fully saturated rings. The smallest absolute Gasteiger partial charge is 0.191 e. The van der Waals surface area contributed by atoms with Gasteiger partial charge in [-0.1, -0.05) is 36.7 Å². The van der Waals surface area contributed by atoms with E-state index in [0.29, 0.717) is 0 Å². The zero-order valence-corrected chi connectivity index (χ0v) is 15.6. The summed E-state index contributed by atoms with van der Waals surface area (Å²) >= 11 is 7.60. The predicted molar refractivity (Wildman–Crippen MR) is 105 cm³/mol. The van der Waals surface area contributed by atoms with E-state index in [1.165, 1.54) is 0 Å². The van der Waals surface area contributed by atoms with Gasteiger partial charge >= 0.3 is 0 Å². The fourth-order valence-electron chi connectivity index (χ4n) is 2.89. The van der Waals surface area contributed by atoms with Crippen molar-refractivity contribution < 1.29 is 0 Å². The second-order valence-electron chi connectivity index (χ2n) is 5.75. The van der Waals surface area contributed by atoms with E-state index >= 15 is 0 Å². The topological polar surface area (TPSA) is 33.4 Å². The van der Waals surface area contributed by atoms with Crippen LogP contribution >= 0.6 is 22.9 Å². The number of hydrogen-bond acceptors (Lipinski definition) is 4. The molecule has 0 aliphatic heterocycles. The minimum atomic E-state index is 0.731. The van der Waals surface area contributed by atoms with Crippen molar-refractivity contribution in [2.75, 3.05) is 11.9 Å². The Hall–Kier alpha value is -2.37. The van der Waals surface area contributed by atoms with Gasteiger partial charge in [-0.05, 0) is 30.7 Å². The standard InChI is InChI=1S/C19H17ClN4S/c1-3-15-18(24-11-5-4-6-17(24)21-15)23(2)19-22-16(12-25-19)13-7-9-14(20)10-8-13/h4-12H,3H2,1-2H3. The molecule has 6 heteroatoms. The van der Waals surface area contributed by atoms with Crippen molar-refractivity contribution >= 4 is 39.5 Å². The summed E-state index contributed by atoms with van der Waals surface area (Å²) in [4.78, 5) is 11.7. The molecule has 3 aromatic heterocycles. The summed E-state index contributed by atoms with van der Waals surface area (Å²) in [5, 5.41) is 3.74. The first kappa shape index (κ1) is 16.1. The summed E-state index contributed by atoms with van der Waals surface area (Å²) in [6, 6.07) is 13.8. The van der Waals surface area contributed by atoms with E-state index < -0.39 is 0 Å². The zero-order chi connectivity index (χ0) is 17.4. The van der Waals surface area contributed by atoms with Crippen LogP contribution in [-0.2, 0) is 6.42 Å². The minimum Gasteiger partial charge on any atom is -0.305 e. The van der Waals surface area contributed by atoms with Crippen molar-refractivity contribution in [2.24, 2.45) is 0 Å². The molecule has 4 nitrogen and oxygen atoms in total. The Morgan fingerprint density at radius 1 is 1.12 bits per heavy atom. The van der Waals surface area contributed by atoms with Crippen molar-refractivity contribution in [1.29, 1.82) is 0 Å². The Balaban J connectivity index is 1.75. The third-order valence-corrected chi connectivity index (χ3v) is 5.31. The number of thiazole rings is 1. The van der Waals surface area contributed by atoms with Gasteiger partial charge in [-0.3, -0.25) is 4.40 Å². The number of hydrogen-bond donors (Lipinski definition) is 0. The molecule has 0 N–H and O–H groups in total. The summed E-state index contributed by atoms with van der Waals surface area (Å²) in [6.45, 7) is 2.13. The first-order chi connectivity index (χ1) is 12.2. The molecule has 0 atom stereocenters. The monoisotopic (exact) mass is 368 g/mol. The lowest BCUT2D eigenvalue weighted by Gasteiger charge is -2.16. The van der Waals surface area contributed by atoms with Crippen molar-refractivity contribution in [3.8, 4) is 11.3 Å². The van der Waals surface area contributed by atoms with Crippen LogP contribution in [0.15, 0.2) is 54.0 Å². The molecule has 0 bridgehead atoms. The minimum absolute atomic E-state index is 0.731. The molecule has 0 spiro atoms. The van der Waals surface area contributed by atoms with Crippen molar-refractivity contribution in [2.45, 2.75) is 13.3 Å². The molecule has 0 aliphatic carbocycles. The quantitative estimate of drug-likeness (QED) is 0.480. The lowest BCUT2D eigenvalue weighted by atomic mass is 10.2. The van der Waals surface area contributed by atoms with E-state index in [9.17, 15) is 0 Å². The number of rotatable bonds is 4. The first-order valence-electron chi connectivity index (χ1n) is 8.08. The van der Waals surface area contributed by atoms with Crippen molar-refractivity contribution in [1.82, 2.24) is 14.4 Å². The SMILES string of the molecule is CCc1nc2ccccn2c1N(C)c1nc(-c2ccc(Cl)cc2)cs1. The molecule has 0 unspecified atom stereocenters. The fraction of sp³-hybridized carbons (Fsp3) is 0.158. The van der Waals surface area contributed by atoms with Crippen LogP contribution in [0.5, 0.6) is 0 Å². The number of anilines is 2. The molecule has 25 heavy (non-hydrogen) atoms. The van der Waals surface area contributed by atoms with Gasteiger partial charge in [-0.2, -0.15) is 0 Å². The molecule has 3 heterocycles. The Labute approximate surface area is 155 Å². The van der Waals surface area contributed by atoms with Gasteiger partial charge in [-0.25, -0.2) is 9.97 Å². The van der Waals surface area contributed by atoms with Crippen LogP contribution in [-0.4, -0.2) is 21.4 Å². The maximum absolute atomic E-state index is 5.98. The second kappa shape index (κ2) is 6.50. The number of halogens is 1. The first-order valence-corrected chi connectivity index (χ1v) is 9.34. The van der Waals surface area contributed by atoms with E-state index in [0.717, 1.165) is 45.0 Å². The number of nitrogens with zero attached hydrogens (tertiary/aromatic N) is 4. The highest BCUT2D eigenvalue weighted by Gasteiger charge is 2.18. The zero-order valence-electron chi connectivity index (χ0n) is 14.0. The van der Waals surface area contributed by atoms with Gasteiger partial charge < -0.3 is 4.90 Å². The van der Waals surface area contributed by atoms with Gasteiger partial charge in [0.1, 0.15) is 11.5 Å². The summed E-state index contributed by atoms with van der Waals surface area (Å²) in [7, 11) is 2.04. The molecular formula is C19H17ClN4S. The van der Waals surface area contributed by atoms with Crippen LogP contribution in [0.4, 0.5) is 10.9 Å². The van der Waals surface area contributed by atoms with E-state index in [1.807, 2.05) is 55.7 Å².